The minimum Gasteiger partial charge on any atom is -0.623 e. The van der Waals surface area contributed by atoms with Gasteiger partial charge in [-0.3, -0.25) is 4.99 Å². The molecule has 0 aliphatic carbocycles. The SMILES string of the molecule is CC1=Nc2ccccc2C(c2ccccc2)=[N+]([O-])C1. The van der Waals surface area contributed by atoms with Crippen molar-refractivity contribution in [1.82, 2.24) is 0 Å². The van der Waals surface area contributed by atoms with Crippen molar-refractivity contribution in [3.05, 3.63) is 70.9 Å². The summed E-state index contributed by atoms with van der Waals surface area (Å²) in [5.74, 6) is 0. The van der Waals surface area contributed by atoms with Gasteiger partial charge >= 0.3 is 0 Å². The van der Waals surface area contributed by atoms with Crippen LogP contribution in [-0.2, 0) is 0 Å². The molecule has 19 heavy (non-hydrogen) atoms. The molecule has 94 valence electrons. The third-order valence-corrected chi connectivity index (χ3v) is 3.14. The molecule has 0 fully saturated rings. The molecule has 1 heterocycles. The first kappa shape index (κ1) is 11.7. The molecule has 0 saturated heterocycles. The van der Waals surface area contributed by atoms with Crippen LogP contribution in [0.4, 0.5) is 5.69 Å². The Bertz CT molecular complexity index is 672. The van der Waals surface area contributed by atoms with E-state index in [1.807, 2.05) is 61.5 Å². The molecule has 0 atom stereocenters. The van der Waals surface area contributed by atoms with Crippen LogP contribution < -0.4 is 0 Å². The fraction of sp³-hybridized carbons (Fsp3) is 0.125. The van der Waals surface area contributed by atoms with E-state index in [0.29, 0.717) is 12.3 Å². The van der Waals surface area contributed by atoms with Gasteiger partial charge in [-0.05, 0) is 31.2 Å². The molecule has 2 aromatic rings. The fourth-order valence-corrected chi connectivity index (χ4v) is 2.33. The molecule has 0 spiro atoms. The van der Waals surface area contributed by atoms with Crippen LogP contribution in [0.1, 0.15) is 18.1 Å². The number of hydrogen-bond donors (Lipinski definition) is 0. The lowest BCUT2D eigenvalue weighted by Crippen LogP contribution is -2.21. The van der Waals surface area contributed by atoms with Crippen LogP contribution in [0.15, 0.2) is 59.6 Å². The standard InChI is InChI=1S/C16H14N2O/c1-12-11-18(19)16(13-7-3-2-4-8-13)14-9-5-6-10-15(14)17-12/h2-10H,11H2,1H3. The van der Waals surface area contributed by atoms with Crippen molar-refractivity contribution < 1.29 is 4.74 Å². The lowest BCUT2D eigenvalue weighted by Gasteiger charge is -2.09. The van der Waals surface area contributed by atoms with E-state index in [1.165, 1.54) is 0 Å². The lowest BCUT2D eigenvalue weighted by atomic mass is 10.0. The van der Waals surface area contributed by atoms with Gasteiger partial charge in [0.25, 0.3) is 0 Å². The molecule has 0 saturated carbocycles. The van der Waals surface area contributed by atoms with Crippen LogP contribution in [0.3, 0.4) is 0 Å². The average Bonchev–Trinajstić information content (AvgIpc) is 2.54. The third kappa shape index (κ3) is 2.15. The van der Waals surface area contributed by atoms with Crippen LogP contribution in [-0.4, -0.2) is 22.7 Å². The maximum atomic E-state index is 12.4. The molecule has 3 nitrogen and oxygen atoms in total. The van der Waals surface area contributed by atoms with Crippen molar-refractivity contribution in [2.75, 3.05) is 6.54 Å². The van der Waals surface area contributed by atoms with Crippen molar-refractivity contribution in [2.24, 2.45) is 4.99 Å². The number of benzene rings is 2. The van der Waals surface area contributed by atoms with E-state index in [9.17, 15) is 5.21 Å². The van der Waals surface area contributed by atoms with E-state index >= 15 is 0 Å². The smallest absolute Gasteiger partial charge is 0.228 e. The maximum Gasteiger partial charge on any atom is 0.228 e. The molecule has 0 aromatic heterocycles. The Kier molecular flexibility index (Phi) is 2.88. The van der Waals surface area contributed by atoms with Gasteiger partial charge in [-0.2, -0.15) is 4.74 Å². The molecule has 1 aliphatic rings. The summed E-state index contributed by atoms with van der Waals surface area (Å²) in [7, 11) is 0. The number of para-hydroxylation sites is 1. The number of nitrogens with zero attached hydrogens (tertiary/aromatic N) is 2. The Morgan fingerprint density at radius 2 is 1.68 bits per heavy atom. The zero-order chi connectivity index (χ0) is 13.2. The molecular weight excluding hydrogens is 236 g/mol. The minimum absolute atomic E-state index is 0.304. The van der Waals surface area contributed by atoms with Crippen LogP contribution in [0.25, 0.3) is 0 Å². The summed E-state index contributed by atoms with van der Waals surface area (Å²) in [5.41, 5.74) is 4.19. The molecule has 3 rings (SSSR count). The monoisotopic (exact) mass is 250 g/mol. The first-order valence-electron chi connectivity index (χ1n) is 6.26. The number of hydrogen-bond acceptors (Lipinski definition) is 2. The van der Waals surface area contributed by atoms with Crippen molar-refractivity contribution in [3.8, 4) is 0 Å². The molecule has 0 radical (unpaired) electrons. The van der Waals surface area contributed by atoms with E-state index in [1.54, 1.807) is 0 Å². The Labute approximate surface area is 112 Å². The van der Waals surface area contributed by atoms with E-state index in [4.69, 9.17) is 0 Å². The largest absolute Gasteiger partial charge is 0.623 e. The highest BCUT2D eigenvalue weighted by atomic mass is 16.5. The summed E-state index contributed by atoms with van der Waals surface area (Å²) in [4.78, 5) is 4.52. The highest BCUT2D eigenvalue weighted by molar-refractivity contribution is 6.14. The van der Waals surface area contributed by atoms with Crippen LogP contribution in [0.5, 0.6) is 0 Å². The number of rotatable bonds is 1. The van der Waals surface area contributed by atoms with Gasteiger partial charge in [0.05, 0.1) is 17.0 Å². The Balaban J connectivity index is 2.27. The molecule has 1 aliphatic heterocycles. The Morgan fingerprint density at radius 1 is 1.00 bits per heavy atom. The summed E-state index contributed by atoms with van der Waals surface area (Å²) in [6, 6.07) is 17.5. The van der Waals surface area contributed by atoms with Crippen LogP contribution in [0, 0.1) is 5.21 Å². The molecular formula is C16H14N2O. The Morgan fingerprint density at radius 3 is 2.47 bits per heavy atom. The number of aliphatic imine (C=N–C) groups is 1. The van der Waals surface area contributed by atoms with Gasteiger partial charge in [-0.15, -0.1) is 0 Å². The van der Waals surface area contributed by atoms with Gasteiger partial charge in [0.2, 0.25) is 5.71 Å². The second-order valence-corrected chi connectivity index (χ2v) is 4.62. The van der Waals surface area contributed by atoms with Gasteiger partial charge < -0.3 is 5.21 Å². The minimum atomic E-state index is 0.304. The highest BCUT2D eigenvalue weighted by Gasteiger charge is 2.22. The summed E-state index contributed by atoms with van der Waals surface area (Å²) in [6.45, 7) is 2.19. The van der Waals surface area contributed by atoms with E-state index in [0.717, 1.165) is 27.3 Å². The highest BCUT2D eigenvalue weighted by Crippen LogP contribution is 2.24. The lowest BCUT2D eigenvalue weighted by molar-refractivity contribution is -0.439. The molecule has 0 amide bonds. The quantitative estimate of drug-likeness (QED) is 0.566. The predicted molar refractivity (Wildman–Crippen MR) is 77.4 cm³/mol. The van der Waals surface area contributed by atoms with E-state index in [-0.39, 0.29) is 0 Å². The van der Waals surface area contributed by atoms with Crippen molar-refractivity contribution in [1.29, 1.82) is 0 Å². The third-order valence-electron chi connectivity index (χ3n) is 3.14. The molecule has 0 N–H and O–H groups in total. The van der Waals surface area contributed by atoms with Gasteiger partial charge in [0.1, 0.15) is 0 Å². The van der Waals surface area contributed by atoms with Crippen molar-refractivity contribution >= 4 is 17.1 Å². The van der Waals surface area contributed by atoms with Gasteiger partial charge in [-0.25, -0.2) is 0 Å². The zero-order valence-electron chi connectivity index (χ0n) is 10.7. The summed E-state index contributed by atoms with van der Waals surface area (Å²) < 4.78 is 1.03. The maximum absolute atomic E-state index is 12.4. The van der Waals surface area contributed by atoms with Crippen LogP contribution in [0.2, 0.25) is 0 Å². The molecule has 2 aromatic carbocycles. The van der Waals surface area contributed by atoms with Gasteiger partial charge in [0.15, 0.2) is 6.54 Å². The van der Waals surface area contributed by atoms with E-state index < -0.39 is 0 Å². The summed E-state index contributed by atoms with van der Waals surface area (Å²) in [6.07, 6.45) is 0. The summed E-state index contributed by atoms with van der Waals surface area (Å²) >= 11 is 0. The van der Waals surface area contributed by atoms with Crippen LogP contribution >= 0.6 is 0 Å². The summed E-state index contributed by atoms with van der Waals surface area (Å²) in [5, 5.41) is 12.4. The number of hydroxylamine groups is 1. The number of fused-ring (bicyclic) bond motifs is 1. The van der Waals surface area contributed by atoms with Gasteiger partial charge in [0, 0.05) is 5.56 Å². The molecule has 0 bridgehead atoms. The topological polar surface area (TPSA) is 38.4 Å². The zero-order valence-corrected chi connectivity index (χ0v) is 10.7. The van der Waals surface area contributed by atoms with E-state index in [2.05, 4.69) is 4.99 Å². The Hall–Kier alpha value is -2.42. The first-order chi connectivity index (χ1) is 9.25. The van der Waals surface area contributed by atoms with Gasteiger partial charge in [-0.1, -0.05) is 30.3 Å². The molecule has 0 unspecified atom stereocenters. The van der Waals surface area contributed by atoms with Crippen molar-refractivity contribution in [3.63, 3.8) is 0 Å². The predicted octanol–water partition coefficient (Wildman–Crippen LogP) is 3.14. The molecule has 3 heteroatoms. The second-order valence-electron chi connectivity index (χ2n) is 4.62. The second kappa shape index (κ2) is 4.69. The normalized spacial score (nSPS) is 14.7. The fourth-order valence-electron chi connectivity index (χ4n) is 2.33. The average molecular weight is 250 g/mol. The van der Waals surface area contributed by atoms with Crippen molar-refractivity contribution in [2.45, 2.75) is 6.92 Å². The first-order valence-corrected chi connectivity index (χ1v) is 6.26.